The van der Waals surface area contributed by atoms with E-state index in [1.807, 2.05) is 0 Å². The van der Waals surface area contributed by atoms with Crippen molar-refractivity contribution in [2.75, 3.05) is 18.6 Å². The van der Waals surface area contributed by atoms with Crippen LogP contribution in [0.3, 0.4) is 0 Å². The Hall–Kier alpha value is -3.86. The maximum absolute atomic E-state index is 14.3. The monoisotopic (exact) mass is 503 g/mol. The quantitative estimate of drug-likeness (QED) is 0.499. The zero-order chi connectivity index (χ0) is 26.0. The number of hydrogen-bond donors (Lipinski definition) is 1. The smallest absolute Gasteiger partial charge is 0.423 e. The minimum atomic E-state index is -4.95. The molecule has 190 valence electrons. The molecule has 0 saturated heterocycles. The summed E-state index contributed by atoms with van der Waals surface area (Å²) in [7, 11) is 1.49. The summed E-state index contributed by atoms with van der Waals surface area (Å²) < 4.78 is 54.1. The Morgan fingerprint density at radius 1 is 1.19 bits per heavy atom. The molecule has 1 N–H and O–H groups in total. The number of carboxylic acid groups (broad SMARTS) is 1. The van der Waals surface area contributed by atoms with Crippen LogP contribution in [0.4, 0.5) is 18.9 Å². The fourth-order valence-corrected chi connectivity index (χ4v) is 4.19. The molecule has 0 amide bonds. The van der Waals surface area contributed by atoms with Crippen LogP contribution in [0, 0.1) is 0 Å². The summed E-state index contributed by atoms with van der Waals surface area (Å²) in [5.41, 5.74) is -0.962. The Balaban J connectivity index is 1.73. The van der Waals surface area contributed by atoms with Gasteiger partial charge in [-0.1, -0.05) is 36.4 Å². The highest BCUT2D eigenvalue weighted by Crippen LogP contribution is 2.42. The van der Waals surface area contributed by atoms with Crippen molar-refractivity contribution in [3.8, 4) is 5.75 Å². The lowest BCUT2D eigenvalue weighted by molar-refractivity contribution is -0.149. The van der Waals surface area contributed by atoms with Crippen LogP contribution >= 0.6 is 0 Å². The Kier molecular flexibility index (Phi) is 7.02. The van der Waals surface area contributed by atoms with Gasteiger partial charge < -0.3 is 19.5 Å². The number of carbonyl (C=O) groups is 1. The fourth-order valence-electron chi connectivity index (χ4n) is 4.19. The fraction of sp³-hybridized carbons (Fsp3) is 0.320. The SMILES string of the molecule is COc1ccc(Cn2ncc(N3Cc4ccccc4C3COC(C)C(=O)O)c(C(F)(F)F)c2=O)cc1. The molecular formula is C25H24F3N3O5. The number of halogens is 3. The predicted molar refractivity (Wildman–Crippen MR) is 124 cm³/mol. The first-order valence-corrected chi connectivity index (χ1v) is 11.1. The lowest BCUT2D eigenvalue weighted by Crippen LogP contribution is -2.36. The van der Waals surface area contributed by atoms with E-state index in [1.54, 1.807) is 48.5 Å². The molecular weight excluding hydrogens is 479 g/mol. The van der Waals surface area contributed by atoms with Gasteiger partial charge in [-0.05, 0) is 35.7 Å². The third-order valence-electron chi connectivity index (χ3n) is 6.09. The van der Waals surface area contributed by atoms with E-state index in [-0.39, 0.29) is 25.4 Å². The van der Waals surface area contributed by atoms with E-state index in [2.05, 4.69) is 5.10 Å². The van der Waals surface area contributed by atoms with E-state index < -0.39 is 35.4 Å². The Morgan fingerprint density at radius 3 is 2.53 bits per heavy atom. The molecule has 0 spiro atoms. The first-order chi connectivity index (χ1) is 17.1. The number of methoxy groups -OCH3 is 1. The minimum Gasteiger partial charge on any atom is -0.497 e. The van der Waals surface area contributed by atoms with Gasteiger partial charge in [0.05, 0.1) is 38.2 Å². The molecule has 0 saturated carbocycles. The van der Waals surface area contributed by atoms with Gasteiger partial charge in [0.25, 0.3) is 5.56 Å². The Bertz CT molecular complexity index is 1310. The van der Waals surface area contributed by atoms with Crippen LogP contribution in [0.15, 0.2) is 59.5 Å². The molecule has 11 heteroatoms. The molecule has 2 unspecified atom stereocenters. The van der Waals surface area contributed by atoms with E-state index in [4.69, 9.17) is 14.6 Å². The number of aliphatic carboxylic acids is 1. The third-order valence-corrected chi connectivity index (χ3v) is 6.09. The highest BCUT2D eigenvalue weighted by atomic mass is 19.4. The zero-order valence-electron chi connectivity index (χ0n) is 19.5. The lowest BCUT2D eigenvalue weighted by atomic mass is 10.1. The molecule has 3 aromatic rings. The van der Waals surface area contributed by atoms with Crippen LogP contribution in [0.5, 0.6) is 5.75 Å². The van der Waals surface area contributed by atoms with Crippen molar-refractivity contribution in [1.29, 1.82) is 0 Å². The Labute approximate surface area is 204 Å². The molecule has 8 nitrogen and oxygen atoms in total. The molecule has 1 aromatic heterocycles. The van der Waals surface area contributed by atoms with Crippen molar-refractivity contribution in [2.45, 2.75) is 38.3 Å². The van der Waals surface area contributed by atoms with E-state index in [1.165, 1.54) is 18.9 Å². The van der Waals surface area contributed by atoms with Crippen molar-refractivity contribution in [3.05, 3.63) is 87.3 Å². The summed E-state index contributed by atoms with van der Waals surface area (Å²) in [6.07, 6.45) is -5.07. The van der Waals surface area contributed by atoms with Crippen molar-refractivity contribution < 1.29 is 32.5 Å². The standard InChI is InChI=1S/C25H24F3N3O5/c1-15(24(33)34)36-14-21-19-6-4-3-5-17(19)13-30(21)20-11-29-31(23(32)22(20)25(26,27)28)12-16-7-9-18(35-2)10-8-16/h3-11,15,21H,12-14H2,1-2H3,(H,33,34). The summed E-state index contributed by atoms with van der Waals surface area (Å²) >= 11 is 0. The maximum Gasteiger partial charge on any atom is 0.423 e. The number of nitrogens with zero attached hydrogens (tertiary/aromatic N) is 3. The van der Waals surface area contributed by atoms with Crippen LogP contribution < -0.4 is 15.2 Å². The average molecular weight is 503 g/mol. The number of ether oxygens (including phenoxy) is 2. The van der Waals surface area contributed by atoms with Crippen molar-refractivity contribution in [3.63, 3.8) is 0 Å². The molecule has 0 bridgehead atoms. The van der Waals surface area contributed by atoms with Gasteiger partial charge in [0.1, 0.15) is 11.3 Å². The number of fused-ring (bicyclic) bond motifs is 1. The maximum atomic E-state index is 14.3. The van der Waals surface area contributed by atoms with Crippen LogP contribution in [0.2, 0.25) is 0 Å². The number of benzene rings is 2. The summed E-state index contributed by atoms with van der Waals surface area (Å²) in [4.78, 5) is 25.7. The number of hydrogen-bond acceptors (Lipinski definition) is 6. The van der Waals surface area contributed by atoms with Gasteiger partial charge in [0.15, 0.2) is 6.10 Å². The minimum absolute atomic E-state index is 0.0817. The normalized spacial score (nSPS) is 16.0. The van der Waals surface area contributed by atoms with Gasteiger partial charge in [-0.3, -0.25) is 4.79 Å². The van der Waals surface area contributed by atoms with Crippen molar-refractivity contribution >= 4 is 11.7 Å². The summed E-state index contributed by atoms with van der Waals surface area (Å²) in [6, 6.07) is 12.9. The molecule has 0 aliphatic carbocycles. The van der Waals surface area contributed by atoms with Gasteiger partial charge in [-0.25, -0.2) is 9.48 Å². The zero-order valence-corrected chi connectivity index (χ0v) is 19.5. The first-order valence-electron chi connectivity index (χ1n) is 11.1. The molecule has 0 radical (unpaired) electrons. The van der Waals surface area contributed by atoms with Crippen LogP contribution in [-0.2, 0) is 28.8 Å². The van der Waals surface area contributed by atoms with Gasteiger partial charge in [-0.15, -0.1) is 0 Å². The van der Waals surface area contributed by atoms with Gasteiger partial charge in [-0.2, -0.15) is 18.3 Å². The summed E-state index contributed by atoms with van der Waals surface area (Å²) in [5, 5.41) is 13.2. The summed E-state index contributed by atoms with van der Waals surface area (Å²) in [6.45, 7) is 1.08. The van der Waals surface area contributed by atoms with Gasteiger partial charge in [0, 0.05) is 6.54 Å². The van der Waals surface area contributed by atoms with Crippen molar-refractivity contribution in [2.24, 2.45) is 0 Å². The van der Waals surface area contributed by atoms with E-state index in [0.717, 1.165) is 16.4 Å². The number of anilines is 1. The topological polar surface area (TPSA) is 93.9 Å². The van der Waals surface area contributed by atoms with Gasteiger partial charge >= 0.3 is 12.1 Å². The molecule has 1 aliphatic heterocycles. The molecule has 4 rings (SSSR count). The average Bonchev–Trinajstić information content (AvgIpc) is 3.21. The second kappa shape index (κ2) is 10.0. The van der Waals surface area contributed by atoms with Crippen LogP contribution in [-0.4, -0.2) is 40.7 Å². The van der Waals surface area contributed by atoms with Gasteiger partial charge in [0.2, 0.25) is 0 Å². The predicted octanol–water partition coefficient (Wildman–Crippen LogP) is 3.87. The second-order valence-corrected chi connectivity index (χ2v) is 8.37. The number of alkyl halides is 3. The number of aromatic nitrogens is 2. The highest BCUT2D eigenvalue weighted by molar-refractivity contribution is 5.71. The number of carboxylic acids is 1. The summed E-state index contributed by atoms with van der Waals surface area (Å²) in [5.74, 6) is -0.615. The first kappa shape index (κ1) is 25.2. The Morgan fingerprint density at radius 2 is 1.89 bits per heavy atom. The van der Waals surface area contributed by atoms with E-state index in [0.29, 0.717) is 16.9 Å². The highest BCUT2D eigenvalue weighted by Gasteiger charge is 2.42. The molecule has 2 heterocycles. The number of rotatable bonds is 8. The third kappa shape index (κ3) is 5.06. The van der Waals surface area contributed by atoms with Crippen molar-refractivity contribution in [1.82, 2.24) is 9.78 Å². The van der Waals surface area contributed by atoms with Crippen LogP contribution in [0.1, 0.15) is 35.2 Å². The van der Waals surface area contributed by atoms with E-state index >= 15 is 0 Å². The molecule has 1 aliphatic rings. The second-order valence-electron chi connectivity index (χ2n) is 8.37. The molecule has 36 heavy (non-hydrogen) atoms. The van der Waals surface area contributed by atoms with Crippen LogP contribution in [0.25, 0.3) is 0 Å². The molecule has 2 aromatic carbocycles. The lowest BCUT2D eigenvalue weighted by Gasteiger charge is -2.29. The molecule has 2 atom stereocenters. The molecule has 0 fully saturated rings. The van der Waals surface area contributed by atoms with E-state index in [9.17, 15) is 22.8 Å². The largest absolute Gasteiger partial charge is 0.497 e.